The third-order valence-corrected chi connectivity index (χ3v) is 2.66. The average molecular weight is 233 g/mol. The summed E-state index contributed by atoms with van der Waals surface area (Å²) in [6, 6.07) is 8.18. The van der Waals surface area contributed by atoms with E-state index in [1.54, 1.807) is 0 Å². The van der Waals surface area contributed by atoms with Gasteiger partial charge in [0.15, 0.2) is 0 Å². The van der Waals surface area contributed by atoms with Crippen LogP contribution in [0, 0.1) is 0 Å². The summed E-state index contributed by atoms with van der Waals surface area (Å²) in [5.74, 6) is -0.247. The molecule has 1 amide bonds. The number of carbonyl (C=O) groups excluding carboxylic acids is 1. The maximum atomic E-state index is 11.1. The third-order valence-electron chi connectivity index (χ3n) is 2.66. The molecule has 0 bridgehead atoms. The molecule has 3 nitrogen and oxygen atoms in total. The van der Waals surface area contributed by atoms with Gasteiger partial charge in [-0.15, -0.1) is 0 Å². The van der Waals surface area contributed by atoms with Crippen LogP contribution in [0.3, 0.4) is 0 Å². The van der Waals surface area contributed by atoms with Crippen LogP contribution < -0.4 is 0 Å². The molecule has 3 heteroatoms. The fourth-order valence-corrected chi connectivity index (χ4v) is 1.56. The van der Waals surface area contributed by atoms with Gasteiger partial charge in [0.1, 0.15) is 0 Å². The van der Waals surface area contributed by atoms with Crippen molar-refractivity contribution in [3.8, 4) is 0 Å². The summed E-state index contributed by atoms with van der Waals surface area (Å²) >= 11 is 0. The fraction of sp³-hybridized carbons (Fsp3) is 0.357. The van der Waals surface area contributed by atoms with Gasteiger partial charge in [0.2, 0.25) is 5.91 Å². The second kappa shape index (κ2) is 6.21. The molecule has 0 aliphatic rings. The molecule has 0 heterocycles. The number of carbonyl (C=O) groups is 1. The topological polar surface area (TPSA) is 40.5 Å². The zero-order valence-corrected chi connectivity index (χ0v) is 10.4. The molecule has 0 aliphatic heterocycles. The zero-order chi connectivity index (χ0) is 12.8. The van der Waals surface area contributed by atoms with Gasteiger partial charge in [0, 0.05) is 13.5 Å². The van der Waals surface area contributed by atoms with Crippen LogP contribution in [-0.2, 0) is 11.2 Å². The summed E-state index contributed by atoms with van der Waals surface area (Å²) in [7, 11) is 1.35. The Kier molecular flexibility index (Phi) is 4.91. The maximum Gasteiger partial charge on any atom is 0.245 e. The smallest absolute Gasteiger partial charge is 0.245 e. The van der Waals surface area contributed by atoms with Gasteiger partial charge < -0.3 is 0 Å². The summed E-state index contributed by atoms with van der Waals surface area (Å²) in [6.07, 6.45) is 1.96. The lowest BCUT2D eigenvalue weighted by molar-refractivity contribution is -0.159. The van der Waals surface area contributed by atoms with Crippen LogP contribution in [-0.4, -0.2) is 23.2 Å². The van der Waals surface area contributed by atoms with Gasteiger partial charge in [-0.1, -0.05) is 36.4 Å². The van der Waals surface area contributed by atoms with Crippen molar-refractivity contribution in [3.63, 3.8) is 0 Å². The molecule has 1 rings (SSSR count). The van der Waals surface area contributed by atoms with E-state index >= 15 is 0 Å². The minimum absolute atomic E-state index is 0.247. The summed E-state index contributed by atoms with van der Waals surface area (Å²) in [5, 5.41) is 9.53. The van der Waals surface area contributed by atoms with Crippen molar-refractivity contribution in [2.75, 3.05) is 7.05 Å². The minimum Gasteiger partial charge on any atom is -0.286 e. The molecule has 0 saturated carbocycles. The van der Waals surface area contributed by atoms with E-state index in [4.69, 9.17) is 5.21 Å². The highest BCUT2D eigenvalue weighted by atomic mass is 16.5. The van der Waals surface area contributed by atoms with Gasteiger partial charge in [0.25, 0.3) is 0 Å². The van der Waals surface area contributed by atoms with Gasteiger partial charge in [-0.05, 0) is 30.9 Å². The van der Waals surface area contributed by atoms with E-state index in [0.29, 0.717) is 11.5 Å². The van der Waals surface area contributed by atoms with Crippen LogP contribution in [0.5, 0.6) is 0 Å². The molecule has 0 atom stereocenters. The number of allylic oxidation sites excluding steroid dienone is 1. The molecule has 0 radical (unpaired) electrons. The van der Waals surface area contributed by atoms with Crippen molar-refractivity contribution < 1.29 is 10.0 Å². The Hall–Kier alpha value is -1.61. The molecule has 17 heavy (non-hydrogen) atoms. The van der Waals surface area contributed by atoms with Crippen molar-refractivity contribution in [2.45, 2.75) is 26.2 Å². The second-order valence-electron chi connectivity index (χ2n) is 4.25. The van der Waals surface area contributed by atoms with Crippen LogP contribution in [0.1, 0.15) is 30.9 Å². The molecule has 0 unspecified atom stereocenters. The van der Waals surface area contributed by atoms with E-state index in [2.05, 4.69) is 18.7 Å². The molecule has 0 saturated heterocycles. The van der Waals surface area contributed by atoms with E-state index < -0.39 is 0 Å². The third kappa shape index (κ3) is 4.41. The van der Waals surface area contributed by atoms with E-state index in [9.17, 15) is 4.79 Å². The van der Waals surface area contributed by atoms with Crippen LogP contribution in [0.2, 0.25) is 0 Å². The van der Waals surface area contributed by atoms with Gasteiger partial charge >= 0.3 is 0 Å². The van der Waals surface area contributed by atoms with Gasteiger partial charge in [0.05, 0.1) is 0 Å². The lowest BCUT2D eigenvalue weighted by atomic mass is 10.0. The molecule has 0 aliphatic carbocycles. The molecule has 1 aromatic rings. The van der Waals surface area contributed by atoms with Crippen molar-refractivity contribution in [1.29, 1.82) is 0 Å². The Morgan fingerprint density at radius 1 is 1.35 bits per heavy atom. The highest BCUT2D eigenvalue weighted by Gasteiger charge is 2.05. The lowest BCUT2D eigenvalue weighted by Crippen LogP contribution is -2.22. The number of nitrogens with zero attached hydrogens (tertiary/aromatic N) is 1. The quantitative estimate of drug-likeness (QED) is 0.627. The van der Waals surface area contributed by atoms with E-state index in [1.165, 1.54) is 12.6 Å². The number of hydrogen-bond acceptors (Lipinski definition) is 2. The normalized spacial score (nSPS) is 10.1. The van der Waals surface area contributed by atoms with Crippen LogP contribution in [0.4, 0.5) is 0 Å². The molecule has 0 aromatic heterocycles. The minimum atomic E-state index is -0.247. The maximum absolute atomic E-state index is 11.1. The molecular weight excluding hydrogens is 214 g/mol. The standard InChI is InChI=1S/C14H19NO2/c1-11(2)13-9-7-12(8-10-13)5-4-6-14(16)15(3)17/h7-10,17H,1,4-6H2,2-3H3. The van der Waals surface area contributed by atoms with Crippen molar-refractivity contribution in [3.05, 3.63) is 42.0 Å². The summed E-state index contributed by atoms with van der Waals surface area (Å²) in [6.45, 7) is 5.86. The first-order valence-electron chi connectivity index (χ1n) is 5.71. The predicted molar refractivity (Wildman–Crippen MR) is 68.6 cm³/mol. The molecule has 92 valence electrons. The summed E-state index contributed by atoms with van der Waals surface area (Å²) < 4.78 is 0. The van der Waals surface area contributed by atoms with E-state index in [0.717, 1.165) is 24.0 Å². The first kappa shape index (κ1) is 13.5. The SMILES string of the molecule is C=C(C)c1ccc(CCCC(=O)N(C)O)cc1. The molecule has 1 N–H and O–H groups in total. The van der Waals surface area contributed by atoms with Crippen molar-refractivity contribution >= 4 is 11.5 Å². The first-order valence-corrected chi connectivity index (χ1v) is 5.71. The Balaban J connectivity index is 2.42. The average Bonchev–Trinajstić information content (AvgIpc) is 2.29. The van der Waals surface area contributed by atoms with Crippen LogP contribution in [0.25, 0.3) is 5.57 Å². The van der Waals surface area contributed by atoms with Crippen molar-refractivity contribution in [1.82, 2.24) is 5.06 Å². The fourth-order valence-electron chi connectivity index (χ4n) is 1.56. The number of hydrogen-bond donors (Lipinski definition) is 1. The van der Waals surface area contributed by atoms with Crippen LogP contribution in [0.15, 0.2) is 30.8 Å². The lowest BCUT2D eigenvalue weighted by Gasteiger charge is -2.08. The summed E-state index contributed by atoms with van der Waals surface area (Å²) in [5.41, 5.74) is 3.39. The Bertz CT molecular complexity index is 393. The number of amides is 1. The molecule has 0 fully saturated rings. The Labute approximate surface area is 102 Å². The zero-order valence-electron chi connectivity index (χ0n) is 10.4. The highest BCUT2D eigenvalue weighted by Crippen LogP contribution is 2.13. The Morgan fingerprint density at radius 3 is 2.41 bits per heavy atom. The largest absolute Gasteiger partial charge is 0.286 e. The number of hydroxylamine groups is 2. The Morgan fingerprint density at radius 2 is 1.94 bits per heavy atom. The summed E-state index contributed by atoms with van der Waals surface area (Å²) in [4.78, 5) is 11.1. The molecule has 0 spiro atoms. The molecular formula is C14H19NO2. The van der Waals surface area contributed by atoms with Crippen LogP contribution >= 0.6 is 0 Å². The van der Waals surface area contributed by atoms with Crippen molar-refractivity contribution in [2.24, 2.45) is 0 Å². The monoisotopic (exact) mass is 233 g/mol. The first-order chi connectivity index (χ1) is 8.00. The van der Waals surface area contributed by atoms with E-state index in [1.807, 2.05) is 19.1 Å². The van der Waals surface area contributed by atoms with Gasteiger partial charge in [-0.3, -0.25) is 10.0 Å². The number of benzene rings is 1. The van der Waals surface area contributed by atoms with Gasteiger partial charge in [-0.2, -0.15) is 0 Å². The van der Waals surface area contributed by atoms with E-state index in [-0.39, 0.29) is 5.91 Å². The number of aryl methyl sites for hydroxylation is 1. The highest BCUT2D eigenvalue weighted by molar-refractivity contribution is 5.74. The molecule has 1 aromatic carbocycles. The van der Waals surface area contributed by atoms with Gasteiger partial charge in [-0.25, -0.2) is 5.06 Å². The predicted octanol–water partition coefficient (Wildman–Crippen LogP) is 2.89. The second-order valence-corrected chi connectivity index (χ2v) is 4.25. The number of rotatable bonds is 5.